The number of hydrogen-bond donors (Lipinski definition) is 0. The van der Waals surface area contributed by atoms with Gasteiger partial charge in [0.15, 0.2) is 0 Å². The highest BCUT2D eigenvalue weighted by atomic mass is 32.2. The number of benzene rings is 2. The van der Waals surface area contributed by atoms with Crippen molar-refractivity contribution in [2.24, 2.45) is 5.92 Å². The molecule has 2 aliphatic rings. The van der Waals surface area contributed by atoms with E-state index in [9.17, 15) is 8.42 Å². The molecule has 0 radical (unpaired) electrons. The second-order valence-corrected chi connectivity index (χ2v) is 11.1. The zero-order valence-corrected chi connectivity index (χ0v) is 20.6. The van der Waals surface area contributed by atoms with Gasteiger partial charge in [-0.15, -0.1) is 0 Å². The van der Waals surface area contributed by atoms with Gasteiger partial charge in [0, 0.05) is 30.7 Å². The van der Waals surface area contributed by atoms with Crippen LogP contribution in [-0.2, 0) is 14.8 Å². The van der Waals surface area contributed by atoms with Gasteiger partial charge in [-0.2, -0.15) is 4.31 Å². The Morgan fingerprint density at radius 3 is 2.42 bits per heavy atom. The number of thiocarbonyl (C=S) groups is 1. The summed E-state index contributed by atoms with van der Waals surface area (Å²) in [7, 11) is -3.57. The SMILES string of the molecule is Cc1ccc(S(=O)(=O)N2CC3=CC2CCCCCCC3COC(=S)Oc2ccccc2)cc1. The highest BCUT2D eigenvalue weighted by Crippen LogP contribution is 2.34. The lowest BCUT2D eigenvalue weighted by atomic mass is 9.92. The van der Waals surface area contributed by atoms with Gasteiger partial charge in [-0.3, -0.25) is 0 Å². The molecule has 176 valence electrons. The molecule has 2 atom stereocenters. The number of rotatable bonds is 5. The minimum atomic E-state index is -3.57. The van der Waals surface area contributed by atoms with Crippen LogP contribution in [-0.4, -0.2) is 37.2 Å². The summed E-state index contributed by atoms with van der Waals surface area (Å²) in [6, 6.07) is 16.3. The zero-order chi connectivity index (χ0) is 23.3. The average Bonchev–Trinajstić information content (AvgIpc) is 3.23. The summed E-state index contributed by atoms with van der Waals surface area (Å²) in [6.07, 6.45) is 8.33. The second-order valence-electron chi connectivity index (χ2n) is 8.84. The van der Waals surface area contributed by atoms with Crippen LogP contribution in [0.1, 0.15) is 44.1 Å². The topological polar surface area (TPSA) is 55.8 Å². The first-order chi connectivity index (χ1) is 15.9. The Morgan fingerprint density at radius 2 is 1.70 bits per heavy atom. The Balaban J connectivity index is 1.48. The summed E-state index contributed by atoms with van der Waals surface area (Å²) < 4.78 is 40.1. The molecular weight excluding hydrogens is 454 g/mol. The molecule has 2 bridgehead atoms. The summed E-state index contributed by atoms with van der Waals surface area (Å²) in [5.74, 6) is 0.755. The first-order valence-corrected chi connectivity index (χ1v) is 13.5. The van der Waals surface area contributed by atoms with Gasteiger partial charge in [-0.1, -0.05) is 73.2 Å². The third kappa shape index (κ3) is 6.02. The van der Waals surface area contributed by atoms with Crippen LogP contribution >= 0.6 is 12.2 Å². The minimum absolute atomic E-state index is 0.0950. The maximum atomic E-state index is 13.5. The molecule has 7 heteroatoms. The molecule has 0 aromatic heterocycles. The van der Waals surface area contributed by atoms with Crippen LogP contribution in [0.5, 0.6) is 5.75 Å². The average molecular weight is 486 g/mol. The molecule has 5 nitrogen and oxygen atoms in total. The molecular formula is C26H31NO4S2. The van der Waals surface area contributed by atoms with Gasteiger partial charge in [-0.25, -0.2) is 8.42 Å². The highest BCUT2D eigenvalue weighted by Gasteiger charge is 2.37. The minimum Gasteiger partial charge on any atom is -0.456 e. The lowest BCUT2D eigenvalue weighted by Crippen LogP contribution is -2.36. The van der Waals surface area contributed by atoms with Crippen molar-refractivity contribution < 1.29 is 17.9 Å². The summed E-state index contributed by atoms with van der Waals surface area (Å²) >= 11 is 5.29. The Kier molecular flexibility index (Phi) is 7.83. The van der Waals surface area contributed by atoms with Crippen LogP contribution in [0, 0.1) is 12.8 Å². The number of nitrogens with zero attached hydrogens (tertiary/aromatic N) is 1. The predicted octanol–water partition coefficient (Wildman–Crippen LogP) is 5.65. The molecule has 2 unspecified atom stereocenters. The van der Waals surface area contributed by atoms with Gasteiger partial charge in [0.1, 0.15) is 5.75 Å². The van der Waals surface area contributed by atoms with E-state index in [0.29, 0.717) is 23.8 Å². The van der Waals surface area contributed by atoms with Crippen molar-refractivity contribution in [1.82, 2.24) is 4.31 Å². The summed E-state index contributed by atoms with van der Waals surface area (Å²) in [6.45, 7) is 2.75. The summed E-state index contributed by atoms with van der Waals surface area (Å²) in [4.78, 5) is 0.355. The van der Waals surface area contributed by atoms with Gasteiger partial charge in [0.05, 0.1) is 11.5 Å². The molecule has 0 fully saturated rings. The van der Waals surface area contributed by atoms with E-state index < -0.39 is 10.0 Å². The van der Waals surface area contributed by atoms with Crippen molar-refractivity contribution >= 4 is 27.5 Å². The fourth-order valence-electron chi connectivity index (χ4n) is 4.54. The maximum Gasteiger partial charge on any atom is 0.357 e. The van der Waals surface area contributed by atoms with E-state index in [2.05, 4.69) is 6.08 Å². The first-order valence-electron chi connectivity index (χ1n) is 11.6. The largest absolute Gasteiger partial charge is 0.456 e. The van der Waals surface area contributed by atoms with Crippen LogP contribution < -0.4 is 4.74 Å². The molecule has 0 spiro atoms. The quantitative estimate of drug-likeness (QED) is 0.405. The summed E-state index contributed by atoms with van der Waals surface area (Å²) in [5.41, 5.74) is 2.17. The molecule has 0 saturated carbocycles. The molecule has 0 saturated heterocycles. The smallest absolute Gasteiger partial charge is 0.357 e. The Bertz CT molecular complexity index is 1080. The van der Waals surface area contributed by atoms with E-state index in [0.717, 1.165) is 49.7 Å². The third-order valence-corrected chi connectivity index (χ3v) is 8.50. The predicted molar refractivity (Wildman–Crippen MR) is 134 cm³/mol. The van der Waals surface area contributed by atoms with Crippen LogP contribution in [0.4, 0.5) is 0 Å². The van der Waals surface area contributed by atoms with Crippen LogP contribution in [0.15, 0.2) is 71.1 Å². The van der Waals surface area contributed by atoms with Gasteiger partial charge in [0.2, 0.25) is 10.0 Å². The molecule has 0 amide bonds. The molecule has 0 N–H and O–H groups in total. The normalized spacial score (nSPS) is 21.8. The Morgan fingerprint density at radius 1 is 1.00 bits per heavy atom. The van der Waals surface area contributed by atoms with Crippen LogP contribution in [0.3, 0.4) is 0 Å². The fraction of sp³-hybridized carbons (Fsp3) is 0.423. The van der Waals surface area contributed by atoms with E-state index in [-0.39, 0.29) is 17.2 Å². The van der Waals surface area contributed by atoms with Crippen molar-refractivity contribution in [1.29, 1.82) is 0 Å². The molecule has 2 aromatic rings. The molecule has 1 aliphatic heterocycles. The number of ether oxygens (including phenoxy) is 2. The monoisotopic (exact) mass is 485 g/mol. The zero-order valence-electron chi connectivity index (χ0n) is 19.0. The van der Waals surface area contributed by atoms with Gasteiger partial charge in [0.25, 0.3) is 0 Å². The fourth-order valence-corrected chi connectivity index (χ4v) is 6.29. The second kappa shape index (κ2) is 10.8. The van der Waals surface area contributed by atoms with Gasteiger partial charge < -0.3 is 9.47 Å². The van der Waals surface area contributed by atoms with E-state index >= 15 is 0 Å². The molecule has 1 heterocycles. The number of hydrogen-bond acceptors (Lipinski definition) is 5. The van der Waals surface area contributed by atoms with Crippen LogP contribution in [0.2, 0.25) is 0 Å². The van der Waals surface area contributed by atoms with Crippen molar-refractivity contribution in [2.45, 2.75) is 56.4 Å². The van der Waals surface area contributed by atoms with Crippen molar-refractivity contribution in [3.8, 4) is 5.75 Å². The molecule has 4 rings (SSSR count). The molecule has 1 aliphatic carbocycles. The first kappa shape index (κ1) is 23.9. The lowest BCUT2D eigenvalue weighted by molar-refractivity contribution is 0.206. The molecule has 33 heavy (non-hydrogen) atoms. The lowest BCUT2D eigenvalue weighted by Gasteiger charge is -2.24. The van der Waals surface area contributed by atoms with Gasteiger partial charge in [-0.05, 0) is 44.0 Å². The standard InChI is InChI=1S/C26H31NO4S2/c1-20-13-15-25(16-14-20)33(28,29)27-18-22-17-23(27)10-6-3-2-5-9-21(22)19-30-26(32)31-24-11-7-4-8-12-24/h4,7-8,11-17,21,23H,2-3,5-6,9-10,18-19H2,1H3. The summed E-state index contributed by atoms with van der Waals surface area (Å²) in [5, 5.41) is 0.0950. The maximum absolute atomic E-state index is 13.5. The Hall–Kier alpha value is -2.22. The number of sulfonamides is 1. The van der Waals surface area contributed by atoms with Gasteiger partial charge >= 0.3 is 5.24 Å². The highest BCUT2D eigenvalue weighted by molar-refractivity contribution is 7.89. The number of aryl methyl sites for hydroxylation is 1. The van der Waals surface area contributed by atoms with Crippen molar-refractivity contribution in [3.63, 3.8) is 0 Å². The Labute approximate surface area is 202 Å². The van der Waals surface area contributed by atoms with E-state index in [1.807, 2.05) is 49.4 Å². The van der Waals surface area contributed by atoms with Crippen molar-refractivity contribution in [2.75, 3.05) is 13.2 Å². The molecule has 2 aromatic carbocycles. The van der Waals surface area contributed by atoms with E-state index in [1.165, 1.54) is 0 Å². The third-order valence-electron chi connectivity index (χ3n) is 6.42. The van der Waals surface area contributed by atoms with Crippen molar-refractivity contribution in [3.05, 3.63) is 71.8 Å². The number of fused-ring (bicyclic) bond motifs is 1. The van der Waals surface area contributed by atoms with E-state index in [1.54, 1.807) is 16.4 Å². The van der Waals surface area contributed by atoms with Crippen LogP contribution in [0.25, 0.3) is 0 Å². The number of para-hydroxylation sites is 1. The van der Waals surface area contributed by atoms with E-state index in [4.69, 9.17) is 21.7 Å².